The van der Waals surface area contributed by atoms with Crippen LogP contribution in [0.1, 0.15) is 51.7 Å². The summed E-state index contributed by atoms with van der Waals surface area (Å²) >= 11 is 0. The first-order chi connectivity index (χ1) is 12.7. The number of benzene rings is 1. The maximum atomic E-state index is 12.3. The average molecular weight is 374 g/mol. The van der Waals surface area contributed by atoms with E-state index in [1.165, 1.54) is 11.1 Å². The number of amides is 1. The van der Waals surface area contributed by atoms with Gasteiger partial charge in [-0.2, -0.15) is 0 Å². The number of carbonyl (C=O) groups excluding carboxylic acids is 1. The van der Waals surface area contributed by atoms with Gasteiger partial charge in [0.05, 0.1) is 7.11 Å². The van der Waals surface area contributed by atoms with Gasteiger partial charge in [-0.05, 0) is 61.1 Å². The van der Waals surface area contributed by atoms with Gasteiger partial charge in [0.25, 0.3) is 0 Å². The summed E-state index contributed by atoms with van der Waals surface area (Å²) in [5.41, 5.74) is 2.55. The summed E-state index contributed by atoms with van der Waals surface area (Å²) in [6.45, 7) is 10.9. The van der Waals surface area contributed by atoms with Crippen LogP contribution in [0.2, 0.25) is 0 Å². The first-order valence-corrected chi connectivity index (χ1v) is 10.2. The van der Waals surface area contributed by atoms with E-state index in [1.54, 1.807) is 12.0 Å². The SMILES string of the molecule is COc1ccc(C[C@@H](C/C=C/C[C@H](C(=O)N(C)C)C(C)C)C(C)C)cc1C. The molecule has 0 fully saturated rings. The first kappa shape index (κ1) is 23.3. The minimum absolute atomic E-state index is 0.0676. The molecule has 1 aromatic rings. The molecule has 1 amide bonds. The van der Waals surface area contributed by atoms with Crippen molar-refractivity contribution in [1.82, 2.24) is 4.90 Å². The zero-order chi connectivity index (χ0) is 20.6. The summed E-state index contributed by atoms with van der Waals surface area (Å²) in [6.07, 6.45) is 7.42. The number of hydrogen-bond donors (Lipinski definition) is 0. The van der Waals surface area contributed by atoms with Crippen LogP contribution in [0.25, 0.3) is 0 Å². The average Bonchev–Trinajstić information content (AvgIpc) is 2.59. The fourth-order valence-electron chi connectivity index (χ4n) is 3.47. The number of nitrogens with zero attached hydrogens (tertiary/aromatic N) is 1. The molecule has 0 bridgehead atoms. The summed E-state index contributed by atoms with van der Waals surface area (Å²) < 4.78 is 5.37. The molecule has 1 aromatic carbocycles. The smallest absolute Gasteiger partial charge is 0.225 e. The molecule has 0 unspecified atom stereocenters. The molecule has 0 saturated carbocycles. The number of carbonyl (C=O) groups is 1. The van der Waals surface area contributed by atoms with Crippen LogP contribution in [-0.4, -0.2) is 32.0 Å². The van der Waals surface area contributed by atoms with Crippen LogP contribution in [0, 0.1) is 30.6 Å². The fraction of sp³-hybridized carbons (Fsp3) is 0.625. The Morgan fingerprint density at radius 3 is 2.19 bits per heavy atom. The molecule has 0 spiro atoms. The van der Waals surface area contributed by atoms with Gasteiger partial charge in [0.2, 0.25) is 5.91 Å². The van der Waals surface area contributed by atoms with E-state index in [2.05, 4.69) is 65.0 Å². The Hall–Kier alpha value is -1.77. The zero-order valence-electron chi connectivity index (χ0n) is 18.6. The van der Waals surface area contributed by atoms with Gasteiger partial charge in [-0.15, -0.1) is 0 Å². The third-order valence-corrected chi connectivity index (χ3v) is 5.46. The van der Waals surface area contributed by atoms with Crippen molar-refractivity contribution in [3.63, 3.8) is 0 Å². The predicted octanol–water partition coefficient (Wildman–Crippen LogP) is 5.52. The van der Waals surface area contributed by atoms with Crippen LogP contribution in [0.5, 0.6) is 5.75 Å². The summed E-state index contributed by atoms with van der Waals surface area (Å²) in [4.78, 5) is 14.0. The Labute approximate surface area is 166 Å². The number of ether oxygens (including phenoxy) is 1. The number of rotatable bonds is 10. The fourth-order valence-corrected chi connectivity index (χ4v) is 3.47. The van der Waals surface area contributed by atoms with Crippen molar-refractivity contribution in [3.8, 4) is 5.75 Å². The summed E-state index contributed by atoms with van der Waals surface area (Å²) in [6, 6.07) is 6.48. The van der Waals surface area contributed by atoms with Gasteiger partial charge in [0.1, 0.15) is 5.75 Å². The lowest BCUT2D eigenvalue weighted by atomic mass is 9.85. The van der Waals surface area contributed by atoms with Crippen molar-refractivity contribution in [1.29, 1.82) is 0 Å². The van der Waals surface area contributed by atoms with Gasteiger partial charge >= 0.3 is 0 Å². The number of methoxy groups -OCH3 is 1. The van der Waals surface area contributed by atoms with Crippen molar-refractivity contribution in [2.24, 2.45) is 23.7 Å². The molecule has 27 heavy (non-hydrogen) atoms. The third kappa shape index (κ3) is 7.40. The molecular formula is C24H39NO2. The maximum Gasteiger partial charge on any atom is 0.225 e. The molecular weight excluding hydrogens is 334 g/mol. The molecule has 0 radical (unpaired) electrons. The summed E-state index contributed by atoms with van der Waals surface area (Å²) in [5.74, 6) is 2.80. The van der Waals surface area contributed by atoms with Crippen molar-refractivity contribution in [2.75, 3.05) is 21.2 Å². The van der Waals surface area contributed by atoms with Gasteiger partial charge < -0.3 is 9.64 Å². The summed E-state index contributed by atoms with van der Waals surface area (Å²) in [5, 5.41) is 0. The van der Waals surface area contributed by atoms with Gasteiger partial charge in [-0.25, -0.2) is 0 Å². The lowest BCUT2D eigenvalue weighted by Gasteiger charge is -2.23. The molecule has 0 aliphatic heterocycles. The largest absolute Gasteiger partial charge is 0.496 e. The Bertz CT molecular complexity index is 617. The Morgan fingerprint density at radius 2 is 1.70 bits per heavy atom. The van der Waals surface area contributed by atoms with E-state index in [4.69, 9.17) is 4.74 Å². The molecule has 0 aliphatic rings. The van der Waals surface area contributed by atoms with Crippen molar-refractivity contribution >= 4 is 5.91 Å². The van der Waals surface area contributed by atoms with Gasteiger partial charge in [0, 0.05) is 20.0 Å². The standard InChI is InChI=1S/C24H39NO2/c1-17(2)21(16-20-13-14-23(27-8)19(5)15-20)11-9-10-12-22(18(3)4)24(26)25(6)7/h9-10,13-15,17-18,21-22H,11-12,16H2,1-8H3/b10-9+/t21-,22+/m1/s1. The minimum atomic E-state index is 0.0676. The van der Waals surface area contributed by atoms with Crippen LogP contribution in [0.15, 0.2) is 30.4 Å². The molecule has 0 aliphatic carbocycles. The van der Waals surface area contributed by atoms with Crippen LogP contribution in [0.3, 0.4) is 0 Å². The van der Waals surface area contributed by atoms with Crippen LogP contribution < -0.4 is 4.74 Å². The second-order valence-electron chi connectivity index (χ2n) is 8.54. The van der Waals surface area contributed by atoms with E-state index < -0.39 is 0 Å². The second kappa shape index (κ2) is 11.2. The molecule has 0 N–H and O–H groups in total. The number of allylic oxidation sites excluding steroid dienone is 2. The highest BCUT2D eigenvalue weighted by Crippen LogP contribution is 2.25. The molecule has 2 atom stereocenters. The van der Waals surface area contributed by atoms with E-state index in [0.717, 1.165) is 25.0 Å². The Balaban J connectivity index is 2.70. The van der Waals surface area contributed by atoms with Crippen LogP contribution >= 0.6 is 0 Å². The zero-order valence-corrected chi connectivity index (χ0v) is 18.6. The van der Waals surface area contributed by atoms with Crippen molar-refractivity contribution < 1.29 is 9.53 Å². The number of hydrogen-bond acceptors (Lipinski definition) is 2. The third-order valence-electron chi connectivity index (χ3n) is 5.46. The maximum absolute atomic E-state index is 12.3. The van der Waals surface area contributed by atoms with E-state index in [0.29, 0.717) is 17.8 Å². The normalized spacial score (nSPS) is 14.0. The van der Waals surface area contributed by atoms with Gasteiger partial charge in [0.15, 0.2) is 0 Å². The van der Waals surface area contributed by atoms with Crippen molar-refractivity contribution in [3.05, 3.63) is 41.5 Å². The topological polar surface area (TPSA) is 29.5 Å². The van der Waals surface area contributed by atoms with Gasteiger partial charge in [-0.3, -0.25) is 4.79 Å². The quantitative estimate of drug-likeness (QED) is 0.506. The highest BCUT2D eigenvalue weighted by Gasteiger charge is 2.22. The van der Waals surface area contributed by atoms with Crippen LogP contribution in [-0.2, 0) is 11.2 Å². The number of aryl methyl sites for hydroxylation is 1. The van der Waals surface area contributed by atoms with E-state index in [1.807, 2.05) is 14.1 Å². The highest BCUT2D eigenvalue weighted by molar-refractivity contribution is 5.78. The molecule has 152 valence electrons. The molecule has 3 nitrogen and oxygen atoms in total. The van der Waals surface area contributed by atoms with Crippen LogP contribution in [0.4, 0.5) is 0 Å². The first-order valence-electron chi connectivity index (χ1n) is 10.2. The monoisotopic (exact) mass is 373 g/mol. The molecule has 1 rings (SSSR count). The Kier molecular flexibility index (Phi) is 9.62. The minimum Gasteiger partial charge on any atom is -0.496 e. The van der Waals surface area contributed by atoms with E-state index >= 15 is 0 Å². The highest BCUT2D eigenvalue weighted by atomic mass is 16.5. The lowest BCUT2D eigenvalue weighted by molar-refractivity contribution is -0.134. The van der Waals surface area contributed by atoms with E-state index in [9.17, 15) is 4.79 Å². The molecule has 0 heterocycles. The Morgan fingerprint density at radius 1 is 1.07 bits per heavy atom. The molecule has 0 saturated heterocycles. The van der Waals surface area contributed by atoms with Gasteiger partial charge in [-0.1, -0.05) is 52.0 Å². The second-order valence-corrected chi connectivity index (χ2v) is 8.54. The van der Waals surface area contributed by atoms with Crippen molar-refractivity contribution in [2.45, 2.75) is 53.9 Å². The lowest BCUT2D eigenvalue weighted by Crippen LogP contribution is -2.32. The predicted molar refractivity (Wildman–Crippen MR) is 115 cm³/mol. The molecule has 3 heteroatoms. The summed E-state index contributed by atoms with van der Waals surface area (Å²) in [7, 11) is 5.40. The van der Waals surface area contributed by atoms with E-state index in [-0.39, 0.29) is 11.8 Å². The molecule has 0 aromatic heterocycles.